The van der Waals surface area contributed by atoms with Crippen LogP contribution in [0, 0.1) is 0 Å². The van der Waals surface area contributed by atoms with Crippen molar-refractivity contribution in [2.75, 3.05) is 11.5 Å². The molecule has 0 bridgehead atoms. The van der Waals surface area contributed by atoms with Crippen molar-refractivity contribution < 1.29 is 34.1 Å². The second kappa shape index (κ2) is 9.21. The van der Waals surface area contributed by atoms with Crippen LogP contribution in [0.25, 0.3) is 22.3 Å². The highest BCUT2D eigenvalue weighted by atomic mass is 35.5. The van der Waals surface area contributed by atoms with E-state index in [2.05, 4.69) is 20.3 Å². The quantitative estimate of drug-likeness (QED) is 0.153. The van der Waals surface area contributed by atoms with Crippen LogP contribution in [0.4, 0.5) is 11.5 Å². The van der Waals surface area contributed by atoms with Crippen LogP contribution in [0.3, 0.4) is 0 Å². The molecule has 5 N–H and O–H groups in total. The van der Waals surface area contributed by atoms with Crippen LogP contribution in [0.1, 0.15) is 28.6 Å². The zero-order chi connectivity index (χ0) is 26.8. The maximum atomic E-state index is 12.7. The standard InChI is InChI=1S/C24H21ClN5O7P/c25-24-28-21(27-11-5-6-14-15(9-11)12-3-1-2-4-13(12)18(14)31)17-22(29-24)30(10-26-17)23-20(33)19(32)16(37-23)7-8-38(34,35)36/h1-6,9-10,16,19-20,23,32-33H,7-8H2,(H,27,28,29)(H2,34,35,36)/t16-,19?,20+,23-/m1/s1. The fourth-order valence-electron chi connectivity index (χ4n) is 4.90. The molecule has 38 heavy (non-hydrogen) atoms. The largest absolute Gasteiger partial charge is 0.388 e. The Morgan fingerprint density at radius 2 is 1.76 bits per heavy atom. The van der Waals surface area contributed by atoms with E-state index in [1.165, 1.54) is 10.9 Å². The number of rotatable bonds is 6. The second-order valence-corrected chi connectivity index (χ2v) is 11.3. The van der Waals surface area contributed by atoms with Crippen molar-refractivity contribution in [1.29, 1.82) is 0 Å². The molecule has 2 aliphatic rings. The summed E-state index contributed by atoms with van der Waals surface area (Å²) in [6.45, 7) is 0. The lowest BCUT2D eigenvalue weighted by Crippen LogP contribution is -2.31. The fourth-order valence-corrected chi connectivity index (χ4v) is 5.65. The summed E-state index contributed by atoms with van der Waals surface area (Å²) in [7, 11) is -4.31. The highest BCUT2D eigenvalue weighted by molar-refractivity contribution is 7.51. The van der Waals surface area contributed by atoms with E-state index in [1.807, 2.05) is 24.3 Å². The molecular formula is C24H21ClN5O7P. The number of carbonyl (C=O) groups is 1. The molecule has 1 aliphatic heterocycles. The smallest absolute Gasteiger partial charge is 0.325 e. The summed E-state index contributed by atoms with van der Waals surface area (Å²) in [6.07, 6.45) is -4.23. The molecular weight excluding hydrogens is 537 g/mol. The number of imidazole rings is 1. The SMILES string of the molecule is O=C1c2ccccc2-c2cc(Nc3nc(Cl)nc4c3ncn4[C@@H]3O[C@H](CCP(=O)(O)O)C(O)[C@@H]3O)ccc21. The van der Waals surface area contributed by atoms with Crippen molar-refractivity contribution in [1.82, 2.24) is 19.5 Å². The van der Waals surface area contributed by atoms with Crippen LogP contribution in [0.5, 0.6) is 0 Å². The Labute approximate surface area is 220 Å². The summed E-state index contributed by atoms with van der Waals surface area (Å²) in [4.78, 5) is 43.9. The van der Waals surface area contributed by atoms with E-state index < -0.39 is 38.3 Å². The predicted octanol–water partition coefficient (Wildman–Crippen LogP) is 2.62. The zero-order valence-corrected chi connectivity index (χ0v) is 21.1. The molecule has 4 aromatic rings. The number of anilines is 2. The minimum absolute atomic E-state index is 0.0372. The topological polar surface area (TPSA) is 180 Å². The molecule has 2 aromatic heterocycles. The number of fused-ring (bicyclic) bond motifs is 4. The van der Waals surface area contributed by atoms with Gasteiger partial charge in [-0.3, -0.25) is 13.9 Å². The Morgan fingerprint density at radius 3 is 2.53 bits per heavy atom. The van der Waals surface area contributed by atoms with Gasteiger partial charge in [0.15, 0.2) is 29.0 Å². The minimum Gasteiger partial charge on any atom is -0.388 e. The van der Waals surface area contributed by atoms with Gasteiger partial charge in [0.25, 0.3) is 0 Å². The van der Waals surface area contributed by atoms with Gasteiger partial charge in [-0.2, -0.15) is 9.97 Å². The zero-order valence-electron chi connectivity index (χ0n) is 19.5. The molecule has 0 saturated carbocycles. The van der Waals surface area contributed by atoms with Gasteiger partial charge in [-0.25, -0.2) is 4.98 Å². The molecule has 0 amide bonds. The second-order valence-electron chi connectivity index (χ2n) is 9.15. The number of nitrogens with zero attached hydrogens (tertiary/aromatic N) is 4. The van der Waals surface area contributed by atoms with Gasteiger partial charge in [0, 0.05) is 16.8 Å². The molecule has 1 aliphatic carbocycles. The third-order valence-electron chi connectivity index (χ3n) is 6.70. The summed E-state index contributed by atoms with van der Waals surface area (Å²) in [5.74, 6) is 0.229. The molecule has 3 heterocycles. The lowest BCUT2D eigenvalue weighted by Gasteiger charge is -2.17. The third-order valence-corrected chi connectivity index (χ3v) is 7.71. The maximum Gasteiger partial charge on any atom is 0.325 e. The van der Waals surface area contributed by atoms with E-state index in [1.54, 1.807) is 18.2 Å². The van der Waals surface area contributed by atoms with E-state index >= 15 is 0 Å². The van der Waals surface area contributed by atoms with E-state index in [4.69, 9.17) is 26.1 Å². The first-order chi connectivity index (χ1) is 18.1. The number of ketones is 1. The lowest BCUT2D eigenvalue weighted by molar-refractivity contribution is -0.0355. The maximum absolute atomic E-state index is 12.7. The van der Waals surface area contributed by atoms with E-state index in [-0.39, 0.29) is 29.0 Å². The van der Waals surface area contributed by atoms with Crippen molar-refractivity contribution in [2.24, 2.45) is 0 Å². The summed E-state index contributed by atoms with van der Waals surface area (Å²) >= 11 is 6.21. The van der Waals surface area contributed by atoms with Gasteiger partial charge in [0.2, 0.25) is 5.28 Å². The average Bonchev–Trinajstić information content (AvgIpc) is 3.51. The van der Waals surface area contributed by atoms with Gasteiger partial charge in [-0.05, 0) is 47.3 Å². The summed E-state index contributed by atoms with van der Waals surface area (Å²) in [6, 6.07) is 12.7. The van der Waals surface area contributed by atoms with Crippen molar-refractivity contribution in [2.45, 2.75) is 31.0 Å². The molecule has 1 fully saturated rings. The Balaban J connectivity index is 1.32. The number of carbonyl (C=O) groups excluding carboxylic acids is 1. The monoisotopic (exact) mass is 557 g/mol. The number of ether oxygens (including phenoxy) is 1. The first-order valence-corrected chi connectivity index (χ1v) is 13.8. The van der Waals surface area contributed by atoms with E-state index in [0.29, 0.717) is 22.3 Å². The number of benzene rings is 2. The van der Waals surface area contributed by atoms with Crippen LogP contribution in [-0.2, 0) is 9.30 Å². The van der Waals surface area contributed by atoms with Crippen molar-refractivity contribution in [3.05, 3.63) is 65.2 Å². The number of hydrogen-bond acceptors (Lipinski definition) is 9. The first-order valence-electron chi connectivity index (χ1n) is 11.6. The lowest BCUT2D eigenvalue weighted by atomic mass is 10.1. The van der Waals surface area contributed by atoms with Crippen molar-refractivity contribution in [3.8, 4) is 11.1 Å². The number of nitrogens with one attached hydrogen (secondary N) is 1. The molecule has 196 valence electrons. The third kappa shape index (κ3) is 4.30. The van der Waals surface area contributed by atoms with Crippen LogP contribution in [-0.4, -0.2) is 69.8 Å². The molecule has 12 nitrogen and oxygen atoms in total. The van der Waals surface area contributed by atoms with Crippen LogP contribution in [0.2, 0.25) is 5.28 Å². The van der Waals surface area contributed by atoms with E-state index in [9.17, 15) is 19.6 Å². The first kappa shape index (κ1) is 25.1. The van der Waals surface area contributed by atoms with Gasteiger partial charge < -0.3 is 30.1 Å². The summed E-state index contributed by atoms with van der Waals surface area (Å²) in [5, 5.41) is 24.1. The molecule has 6 rings (SSSR count). The average molecular weight is 558 g/mol. The Hall–Kier alpha value is -3.22. The highest BCUT2D eigenvalue weighted by Gasteiger charge is 2.44. The summed E-state index contributed by atoms with van der Waals surface area (Å²) in [5.41, 5.74) is 4.01. The molecule has 14 heteroatoms. The van der Waals surface area contributed by atoms with E-state index in [0.717, 1.165) is 11.1 Å². The molecule has 4 atom stereocenters. The van der Waals surface area contributed by atoms with Crippen molar-refractivity contribution in [3.63, 3.8) is 0 Å². The molecule has 1 unspecified atom stereocenters. The van der Waals surface area contributed by atoms with Crippen LogP contribution < -0.4 is 5.32 Å². The highest BCUT2D eigenvalue weighted by Crippen LogP contribution is 2.41. The molecule has 0 radical (unpaired) electrons. The van der Waals surface area contributed by atoms with Gasteiger partial charge in [0.1, 0.15) is 12.2 Å². The van der Waals surface area contributed by atoms with Crippen LogP contribution in [0.15, 0.2) is 48.8 Å². The van der Waals surface area contributed by atoms with Gasteiger partial charge in [0.05, 0.1) is 18.6 Å². The normalized spacial score (nSPS) is 22.6. The number of halogens is 1. The summed E-state index contributed by atoms with van der Waals surface area (Å²) < 4.78 is 18.4. The van der Waals surface area contributed by atoms with Crippen molar-refractivity contribution >= 4 is 47.6 Å². The number of aliphatic hydroxyl groups is 2. The molecule has 0 spiro atoms. The van der Waals surface area contributed by atoms with Gasteiger partial charge in [-0.15, -0.1) is 0 Å². The van der Waals surface area contributed by atoms with Gasteiger partial charge >= 0.3 is 7.60 Å². The Morgan fingerprint density at radius 1 is 1.03 bits per heavy atom. The Bertz CT molecular complexity index is 1640. The molecule has 1 saturated heterocycles. The van der Waals surface area contributed by atoms with Crippen LogP contribution >= 0.6 is 19.2 Å². The predicted molar refractivity (Wildman–Crippen MR) is 136 cm³/mol. The molecule has 2 aromatic carbocycles. The van der Waals surface area contributed by atoms with Gasteiger partial charge in [-0.1, -0.05) is 24.3 Å². The number of aliphatic hydroxyl groups excluding tert-OH is 2. The minimum atomic E-state index is -4.31. The Kier molecular flexibility index (Phi) is 6.08. The number of aromatic nitrogens is 4. The fraction of sp³-hybridized carbons (Fsp3) is 0.250. The number of hydrogen-bond donors (Lipinski definition) is 5.